The van der Waals surface area contributed by atoms with Crippen molar-refractivity contribution in [3.63, 3.8) is 0 Å². The molecule has 4 rings (SSSR count). The zero-order valence-electron chi connectivity index (χ0n) is 13.2. The van der Waals surface area contributed by atoms with Crippen LogP contribution in [0, 0.1) is 0 Å². The predicted octanol–water partition coefficient (Wildman–Crippen LogP) is 4.02. The number of benzene rings is 2. The quantitative estimate of drug-likeness (QED) is 0.725. The second-order valence-electron chi connectivity index (χ2n) is 5.60. The van der Waals surface area contributed by atoms with Crippen LogP contribution in [-0.2, 0) is 6.42 Å². The molecule has 0 unspecified atom stereocenters. The highest BCUT2D eigenvalue weighted by atomic mass is 32.1. The average molecular weight is 336 g/mol. The maximum atomic E-state index is 12.8. The van der Waals surface area contributed by atoms with Gasteiger partial charge in [0.1, 0.15) is 16.5 Å². The maximum Gasteiger partial charge on any atom is 0.277 e. The first-order chi connectivity index (χ1) is 11.8. The molecule has 0 aliphatic carbocycles. The van der Waals surface area contributed by atoms with Crippen LogP contribution >= 0.6 is 11.3 Å². The number of thiazole rings is 1. The Kier molecular flexibility index (Phi) is 3.78. The molecule has 1 amide bonds. The Labute approximate surface area is 144 Å². The van der Waals surface area contributed by atoms with Gasteiger partial charge in [0.05, 0.1) is 7.11 Å². The van der Waals surface area contributed by atoms with Gasteiger partial charge < -0.3 is 9.64 Å². The van der Waals surface area contributed by atoms with E-state index >= 15 is 0 Å². The fourth-order valence-corrected chi connectivity index (χ4v) is 3.73. The third-order valence-electron chi connectivity index (χ3n) is 4.19. The molecule has 1 aromatic heterocycles. The lowest BCUT2D eigenvalue weighted by atomic mass is 10.2. The molecule has 0 saturated carbocycles. The van der Waals surface area contributed by atoms with Crippen LogP contribution in [0.5, 0.6) is 5.75 Å². The smallest absolute Gasteiger partial charge is 0.277 e. The van der Waals surface area contributed by atoms with Crippen LogP contribution in [-0.4, -0.2) is 24.5 Å². The Morgan fingerprint density at radius 3 is 2.75 bits per heavy atom. The minimum absolute atomic E-state index is 0.0315. The van der Waals surface area contributed by atoms with Crippen LogP contribution < -0.4 is 9.64 Å². The molecule has 1 aliphatic heterocycles. The van der Waals surface area contributed by atoms with E-state index in [0.29, 0.717) is 12.2 Å². The lowest BCUT2D eigenvalue weighted by Gasteiger charge is -2.15. The van der Waals surface area contributed by atoms with E-state index in [9.17, 15) is 4.79 Å². The van der Waals surface area contributed by atoms with E-state index < -0.39 is 0 Å². The first-order valence-corrected chi connectivity index (χ1v) is 8.64. The monoisotopic (exact) mass is 336 g/mol. The van der Waals surface area contributed by atoms with Crippen LogP contribution in [0.2, 0.25) is 0 Å². The highest BCUT2D eigenvalue weighted by molar-refractivity contribution is 7.13. The zero-order valence-corrected chi connectivity index (χ0v) is 14.0. The predicted molar refractivity (Wildman–Crippen MR) is 95.9 cm³/mol. The standard InChI is InChI=1S/C19H16N2O2S/c1-23-15-8-6-14(7-9-15)18-20-16(12-24-18)19(22)21-11-10-13-4-2-3-5-17(13)21/h2-9,12H,10-11H2,1H3. The molecule has 4 nitrogen and oxygen atoms in total. The third-order valence-corrected chi connectivity index (χ3v) is 5.08. The van der Waals surface area contributed by atoms with Gasteiger partial charge in [-0.1, -0.05) is 18.2 Å². The largest absolute Gasteiger partial charge is 0.497 e. The minimum atomic E-state index is -0.0315. The normalized spacial score (nSPS) is 13.0. The van der Waals surface area contributed by atoms with Gasteiger partial charge in [-0.15, -0.1) is 11.3 Å². The molecule has 0 radical (unpaired) electrons. The Morgan fingerprint density at radius 1 is 1.17 bits per heavy atom. The van der Waals surface area contributed by atoms with E-state index in [0.717, 1.165) is 28.4 Å². The van der Waals surface area contributed by atoms with E-state index in [1.807, 2.05) is 52.7 Å². The fourth-order valence-electron chi connectivity index (χ4n) is 2.93. The van der Waals surface area contributed by atoms with Crippen molar-refractivity contribution < 1.29 is 9.53 Å². The first kappa shape index (κ1) is 14.9. The van der Waals surface area contributed by atoms with Gasteiger partial charge in [0.15, 0.2) is 0 Å². The molecular formula is C19H16N2O2S. The molecule has 0 saturated heterocycles. The number of fused-ring (bicyclic) bond motifs is 1. The van der Waals surface area contributed by atoms with E-state index in [2.05, 4.69) is 11.1 Å². The van der Waals surface area contributed by atoms with E-state index in [4.69, 9.17) is 4.74 Å². The summed E-state index contributed by atoms with van der Waals surface area (Å²) < 4.78 is 5.17. The third kappa shape index (κ3) is 2.57. The lowest BCUT2D eigenvalue weighted by molar-refractivity contribution is 0.0985. The van der Waals surface area contributed by atoms with Crippen molar-refractivity contribution in [2.45, 2.75) is 6.42 Å². The summed E-state index contributed by atoms with van der Waals surface area (Å²) in [4.78, 5) is 19.2. The van der Waals surface area contributed by atoms with Crippen molar-refractivity contribution in [1.29, 1.82) is 0 Å². The van der Waals surface area contributed by atoms with Crippen LogP contribution in [0.25, 0.3) is 10.6 Å². The summed E-state index contributed by atoms with van der Waals surface area (Å²) in [5, 5.41) is 2.68. The molecule has 0 atom stereocenters. The SMILES string of the molecule is COc1ccc(-c2nc(C(=O)N3CCc4ccccc43)cs2)cc1. The van der Waals surface area contributed by atoms with Gasteiger partial charge >= 0.3 is 0 Å². The van der Waals surface area contributed by atoms with Gasteiger partial charge in [-0.3, -0.25) is 4.79 Å². The van der Waals surface area contributed by atoms with Crippen LogP contribution in [0.4, 0.5) is 5.69 Å². The molecular weight excluding hydrogens is 320 g/mol. The van der Waals surface area contributed by atoms with Crippen molar-refractivity contribution in [2.24, 2.45) is 0 Å². The molecule has 0 fully saturated rings. The fraction of sp³-hybridized carbons (Fsp3) is 0.158. The van der Waals surface area contributed by atoms with E-state index in [-0.39, 0.29) is 5.91 Å². The molecule has 0 spiro atoms. The number of hydrogen-bond acceptors (Lipinski definition) is 4. The highest BCUT2D eigenvalue weighted by Crippen LogP contribution is 2.30. The van der Waals surface area contributed by atoms with Crippen LogP contribution in [0.1, 0.15) is 16.1 Å². The zero-order chi connectivity index (χ0) is 16.5. The second-order valence-corrected chi connectivity index (χ2v) is 6.46. The van der Waals surface area contributed by atoms with Gasteiger partial charge in [0, 0.05) is 23.2 Å². The number of anilines is 1. The van der Waals surface area contributed by atoms with Gasteiger partial charge in [-0.05, 0) is 42.3 Å². The van der Waals surface area contributed by atoms with Gasteiger partial charge in [-0.25, -0.2) is 4.98 Å². The molecule has 1 aliphatic rings. The highest BCUT2D eigenvalue weighted by Gasteiger charge is 2.26. The summed E-state index contributed by atoms with van der Waals surface area (Å²) >= 11 is 1.49. The van der Waals surface area contributed by atoms with E-state index in [1.54, 1.807) is 7.11 Å². The average Bonchev–Trinajstić information content (AvgIpc) is 3.28. The molecule has 0 N–H and O–H groups in total. The van der Waals surface area contributed by atoms with Crippen molar-refractivity contribution in [3.8, 4) is 16.3 Å². The number of hydrogen-bond donors (Lipinski definition) is 0. The molecule has 2 aromatic carbocycles. The summed E-state index contributed by atoms with van der Waals surface area (Å²) in [7, 11) is 1.64. The van der Waals surface area contributed by atoms with Crippen LogP contribution in [0.3, 0.4) is 0 Å². The number of carbonyl (C=O) groups excluding carboxylic acids is 1. The molecule has 2 heterocycles. The molecule has 5 heteroatoms. The summed E-state index contributed by atoms with van der Waals surface area (Å²) in [6.45, 7) is 0.716. The molecule has 3 aromatic rings. The van der Waals surface area contributed by atoms with Crippen LogP contribution in [0.15, 0.2) is 53.9 Å². The first-order valence-electron chi connectivity index (χ1n) is 7.76. The number of carbonyl (C=O) groups is 1. The summed E-state index contributed by atoms with van der Waals surface area (Å²) in [5.74, 6) is 0.774. The minimum Gasteiger partial charge on any atom is -0.497 e. The Balaban J connectivity index is 1.59. The Morgan fingerprint density at radius 2 is 1.96 bits per heavy atom. The number of para-hydroxylation sites is 1. The van der Waals surface area contributed by atoms with Gasteiger partial charge in [-0.2, -0.15) is 0 Å². The number of ether oxygens (including phenoxy) is 1. The Hall–Kier alpha value is -2.66. The summed E-state index contributed by atoms with van der Waals surface area (Å²) in [6, 6.07) is 15.8. The lowest BCUT2D eigenvalue weighted by Crippen LogP contribution is -2.29. The number of rotatable bonds is 3. The summed E-state index contributed by atoms with van der Waals surface area (Å²) in [5.41, 5.74) is 3.71. The van der Waals surface area contributed by atoms with Crippen molar-refractivity contribution in [1.82, 2.24) is 4.98 Å². The second kappa shape index (κ2) is 6.09. The maximum absolute atomic E-state index is 12.8. The molecule has 0 bridgehead atoms. The van der Waals surface area contributed by atoms with Crippen molar-refractivity contribution >= 4 is 22.9 Å². The van der Waals surface area contributed by atoms with Crippen molar-refractivity contribution in [3.05, 3.63) is 65.2 Å². The van der Waals surface area contributed by atoms with E-state index in [1.165, 1.54) is 16.9 Å². The topological polar surface area (TPSA) is 42.4 Å². The number of aromatic nitrogens is 1. The Bertz CT molecular complexity index is 886. The number of methoxy groups -OCH3 is 1. The molecule has 24 heavy (non-hydrogen) atoms. The van der Waals surface area contributed by atoms with Gasteiger partial charge in [0.2, 0.25) is 0 Å². The van der Waals surface area contributed by atoms with Crippen molar-refractivity contribution in [2.75, 3.05) is 18.6 Å². The van der Waals surface area contributed by atoms with Gasteiger partial charge in [0.25, 0.3) is 5.91 Å². The summed E-state index contributed by atoms with van der Waals surface area (Å²) in [6.07, 6.45) is 0.900. The number of amides is 1. The molecule has 120 valence electrons. The number of nitrogens with zero attached hydrogens (tertiary/aromatic N) is 2.